The molecule has 0 radical (unpaired) electrons. The molecule has 0 unspecified atom stereocenters. The molecule has 2 saturated heterocycles. The summed E-state index contributed by atoms with van der Waals surface area (Å²) in [5.41, 5.74) is 1.56. The highest BCUT2D eigenvalue weighted by Gasteiger charge is 2.40. The largest absolute Gasteiger partial charge is 0.489 e. The molecule has 124 valence electrons. The van der Waals surface area contributed by atoms with Gasteiger partial charge in [0.15, 0.2) is 0 Å². The standard InChI is InChI=1S/C19H21N3O2/c23-19(22-9-7-15-11-20-12-18(15)22)17-10-16(6-8-21-17)24-13-14-4-2-1-3-5-14/h1-6,8,10,15,18,20H,7,9,11-13H2/t15-,18+/m1/s1. The van der Waals surface area contributed by atoms with E-state index < -0.39 is 0 Å². The second-order valence-corrected chi connectivity index (χ2v) is 6.42. The van der Waals surface area contributed by atoms with Crippen molar-refractivity contribution in [2.45, 2.75) is 19.1 Å². The third-order valence-electron chi connectivity index (χ3n) is 4.90. The number of fused-ring (bicyclic) bond motifs is 1. The molecule has 2 aromatic rings. The zero-order chi connectivity index (χ0) is 16.4. The van der Waals surface area contributed by atoms with E-state index in [0.29, 0.717) is 30.0 Å². The van der Waals surface area contributed by atoms with Crippen molar-refractivity contribution in [3.05, 3.63) is 59.9 Å². The van der Waals surface area contributed by atoms with Crippen LogP contribution in [0.3, 0.4) is 0 Å². The fourth-order valence-electron chi connectivity index (χ4n) is 3.61. The van der Waals surface area contributed by atoms with Crippen molar-refractivity contribution in [2.75, 3.05) is 19.6 Å². The van der Waals surface area contributed by atoms with Gasteiger partial charge in [0.25, 0.3) is 5.91 Å². The maximum atomic E-state index is 12.8. The molecule has 24 heavy (non-hydrogen) atoms. The van der Waals surface area contributed by atoms with Crippen LogP contribution in [0.15, 0.2) is 48.7 Å². The molecule has 0 spiro atoms. The number of likely N-dealkylation sites (tertiary alicyclic amines) is 1. The second kappa shape index (κ2) is 6.61. The maximum absolute atomic E-state index is 12.8. The molecule has 1 aromatic carbocycles. The summed E-state index contributed by atoms with van der Waals surface area (Å²) in [5, 5.41) is 3.37. The van der Waals surface area contributed by atoms with Gasteiger partial charge >= 0.3 is 0 Å². The lowest BCUT2D eigenvalue weighted by Crippen LogP contribution is -2.39. The van der Waals surface area contributed by atoms with Gasteiger partial charge in [-0.2, -0.15) is 0 Å². The van der Waals surface area contributed by atoms with Gasteiger partial charge in [0.05, 0.1) is 0 Å². The lowest BCUT2D eigenvalue weighted by molar-refractivity contribution is 0.0730. The van der Waals surface area contributed by atoms with E-state index in [1.165, 1.54) is 0 Å². The van der Waals surface area contributed by atoms with Gasteiger partial charge < -0.3 is 15.0 Å². The first-order chi connectivity index (χ1) is 11.8. The number of aromatic nitrogens is 1. The first kappa shape index (κ1) is 15.1. The zero-order valence-corrected chi connectivity index (χ0v) is 13.5. The summed E-state index contributed by atoms with van der Waals surface area (Å²) in [5.74, 6) is 1.28. The number of carbonyl (C=O) groups is 1. The first-order valence-corrected chi connectivity index (χ1v) is 8.46. The number of pyridine rings is 1. The Morgan fingerprint density at radius 2 is 2.12 bits per heavy atom. The highest BCUT2D eigenvalue weighted by Crippen LogP contribution is 2.28. The number of ether oxygens (including phenoxy) is 1. The lowest BCUT2D eigenvalue weighted by Gasteiger charge is -2.23. The van der Waals surface area contributed by atoms with E-state index in [4.69, 9.17) is 4.74 Å². The summed E-state index contributed by atoms with van der Waals surface area (Å²) in [4.78, 5) is 19.0. The Bertz CT molecular complexity index is 720. The molecule has 0 saturated carbocycles. The van der Waals surface area contributed by atoms with Crippen LogP contribution in [0.5, 0.6) is 5.75 Å². The summed E-state index contributed by atoms with van der Waals surface area (Å²) in [6.07, 6.45) is 2.72. The third-order valence-corrected chi connectivity index (χ3v) is 4.90. The van der Waals surface area contributed by atoms with E-state index >= 15 is 0 Å². The van der Waals surface area contributed by atoms with Crippen molar-refractivity contribution in [2.24, 2.45) is 5.92 Å². The Morgan fingerprint density at radius 1 is 1.25 bits per heavy atom. The average Bonchev–Trinajstić information content (AvgIpc) is 3.24. The molecule has 4 rings (SSSR count). The van der Waals surface area contributed by atoms with Gasteiger partial charge in [-0.05, 0) is 24.0 Å². The number of hydrogen-bond acceptors (Lipinski definition) is 4. The Kier molecular flexibility index (Phi) is 4.17. The molecule has 1 aromatic heterocycles. The molecule has 2 atom stereocenters. The number of carbonyl (C=O) groups excluding carboxylic acids is 1. The quantitative estimate of drug-likeness (QED) is 0.936. The Morgan fingerprint density at radius 3 is 3.00 bits per heavy atom. The van der Waals surface area contributed by atoms with Crippen molar-refractivity contribution in [1.82, 2.24) is 15.2 Å². The summed E-state index contributed by atoms with van der Waals surface area (Å²) in [6, 6.07) is 13.8. The molecular formula is C19H21N3O2. The molecule has 0 bridgehead atoms. The van der Waals surface area contributed by atoms with Gasteiger partial charge in [-0.15, -0.1) is 0 Å². The molecule has 2 fully saturated rings. The van der Waals surface area contributed by atoms with Gasteiger partial charge in [-0.1, -0.05) is 30.3 Å². The average molecular weight is 323 g/mol. The SMILES string of the molecule is O=C(c1cc(OCc2ccccc2)ccn1)N1CC[C@@H]2CNC[C@@H]21. The second-order valence-electron chi connectivity index (χ2n) is 6.42. The van der Waals surface area contributed by atoms with E-state index in [-0.39, 0.29) is 5.91 Å². The molecule has 1 N–H and O–H groups in total. The number of benzene rings is 1. The number of rotatable bonds is 4. The molecule has 2 aliphatic heterocycles. The Labute approximate surface area is 141 Å². The fraction of sp³-hybridized carbons (Fsp3) is 0.368. The van der Waals surface area contributed by atoms with E-state index in [2.05, 4.69) is 10.3 Å². The van der Waals surface area contributed by atoms with Gasteiger partial charge in [-0.3, -0.25) is 9.78 Å². The van der Waals surface area contributed by atoms with Crippen LogP contribution in [-0.4, -0.2) is 41.5 Å². The van der Waals surface area contributed by atoms with E-state index in [9.17, 15) is 4.79 Å². The number of nitrogens with zero attached hydrogens (tertiary/aromatic N) is 2. The number of nitrogens with one attached hydrogen (secondary N) is 1. The highest BCUT2D eigenvalue weighted by molar-refractivity contribution is 5.93. The zero-order valence-electron chi connectivity index (χ0n) is 13.5. The van der Waals surface area contributed by atoms with Crippen LogP contribution in [-0.2, 0) is 6.61 Å². The summed E-state index contributed by atoms with van der Waals surface area (Å²) in [7, 11) is 0. The van der Waals surface area contributed by atoms with E-state index in [1.54, 1.807) is 18.3 Å². The summed E-state index contributed by atoms with van der Waals surface area (Å²) < 4.78 is 5.81. The van der Waals surface area contributed by atoms with Gasteiger partial charge in [0, 0.05) is 37.9 Å². The Balaban J connectivity index is 1.45. The summed E-state index contributed by atoms with van der Waals surface area (Å²) >= 11 is 0. The Hall–Kier alpha value is -2.40. The highest BCUT2D eigenvalue weighted by atomic mass is 16.5. The van der Waals surface area contributed by atoms with Crippen LogP contribution in [0.2, 0.25) is 0 Å². The van der Waals surface area contributed by atoms with Crippen LogP contribution in [0.4, 0.5) is 0 Å². The predicted octanol–water partition coefficient (Wildman–Crippen LogP) is 2.09. The molecule has 5 heteroatoms. The minimum atomic E-state index is 0.0105. The number of hydrogen-bond donors (Lipinski definition) is 1. The van der Waals surface area contributed by atoms with Gasteiger partial charge in [0.2, 0.25) is 0 Å². The molecule has 2 aliphatic rings. The third kappa shape index (κ3) is 2.99. The minimum absolute atomic E-state index is 0.0105. The van der Waals surface area contributed by atoms with Crippen LogP contribution < -0.4 is 10.1 Å². The van der Waals surface area contributed by atoms with Gasteiger partial charge in [-0.25, -0.2) is 0 Å². The van der Waals surface area contributed by atoms with Crippen LogP contribution in [0, 0.1) is 5.92 Å². The fourth-order valence-corrected chi connectivity index (χ4v) is 3.61. The van der Waals surface area contributed by atoms with Crippen molar-refractivity contribution >= 4 is 5.91 Å². The molecule has 3 heterocycles. The summed E-state index contributed by atoms with van der Waals surface area (Å²) in [6.45, 7) is 3.21. The first-order valence-electron chi connectivity index (χ1n) is 8.46. The monoisotopic (exact) mass is 323 g/mol. The van der Waals surface area contributed by atoms with Crippen molar-refractivity contribution in [3.8, 4) is 5.75 Å². The van der Waals surface area contributed by atoms with E-state index in [1.807, 2.05) is 35.2 Å². The maximum Gasteiger partial charge on any atom is 0.272 e. The topological polar surface area (TPSA) is 54.5 Å². The van der Waals surface area contributed by atoms with Crippen molar-refractivity contribution in [3.63, 3.8) is 0 Å². The van der Waals surface area contributed by atoms with Gasteiger partial charge in [0.1, 0.15) is 18.1 Å². The van der Waals surface area contributed by atoms with Crippen LogP contribution in [0.25, 0.3) is 0 Å². The van der Waals surface area contributed by atoms with Crippen LogP contribution in [0.1, 0.15) is 22.5 Å². The van der Waals surface area contributed by atoms with E-state index in [0.717, 1.165) is 31.6 Å². The normalized spacial score (nSPS) is 22.4. The molecule has 1 amide bonds. The predicted molar refractivity (Wildman–Crippen MR) is 90.8 cm³/mol. The molecular weight excluding hydrogens is 302 g/mol. The number of amides is 1. The van der Waals surface area contributed by atoms with Crippen molar-refractivity contribution < 1.29 is 9.53 Å². The smallest absolute Gasteiger partial charge is 0.272 e. The van der Waals surface area contributed by atoms with Crippen LogP contribution >= 0.6 is 0 Å². The lowest BCUT2D eigenvalue weighted by atomic mass is 10.1. The molecule has 5 nitrogen and oxygen atoms in total. The van der Waals surface area contributed by atoms with Crippen molar-refractivity contribution in [1.29, 1.82) is 0 Å². The molecule has 0 aliphatic carbocycles. The minimum Gasteiger partial charge on any atom is -0.489 e.